The van der Waals surface area contributed by atoms with Crippen molar-refractivity contribution >= 4 is 11.8 Å². The summed E-state index contributed by atoms with van der Waals surface area (Å²) in [4.78, 5) is 27.2. The van der Waals surface area contributed by atoms with E-state index in [0.29, 0.717) is 12.0 Å². The minimum absolute atomic E-state index is 0.0340. The van der Waals surface area contributed by atoms with Gasteiger partial charge in [0.05, 0.1) is 0 Å². The molecule has 1 aliphatic heterocycles. The average Bonchev–Trinajstić information content (AvgIpc) is 2.84. The highest BCUT2D eigenvalue weighted by molar-refractivity contribution is 5.98. The number of amides is 2. The Labute approximate surface area is 155 Å². The van der Waals surface area contributed by atoms with Gasteiger partial charge in [-0.15, -0.1) is 0 Å². The van der Waals surface area contributed by atoms with E-state index in [1.165, 1.54) is 0 Å². The van der Waals surface area contributed by atoms with Gasteiger partial charge in [0.25, 0.3) is 5.91 Å². The van der Waals surface area contributed by atoms with Crippen molar-refractivity contribution in [3.05, 3.63) is 60.2 Å². The highest BCUT2D eigenvalue weighted by Crippen LogP contribution is 2.20. The third-order valence-electron chi connectivity index (χ3n) is 4.91. The van der Waals surface area contributed by atoms with Crippen LogP contribution in [0.15, 0.2) is 54.6 Å². The minimum atomic E-state index is -0.429. The third kappa shape index (κ3) is 4.13. The van der Waals surface area contributed by atoms with Crippen LogP contribution in [0.3, 0.4) is 0 Å². The zero-order chi connectivity index (χ0) is 18.5. The smallest absolute Gasteiger partial charge is 0.251 e. The Morgan fingerprint density at radius 2 is 1.65 bits per heavy atom. The molecule has 1 unspecified atom stereocenters. The molecule has 1 heterocycles. The molecule has 26 heavy (non-hydrogen) atoms. The van der Waals surface area contributed by atoms with E-state index in [9.17, 15) is 9.59 Å². The number of nitrogens with zero attached hydrogens (tertiary/aromatic N) is 1. The topological polar surface area (TPSA) is 49.4 Å². The van der Waals surface area contributed by atoms with Gasteiger partial charge >= 0.3 is 0 Å². The normalized spacial score (nSPS) is 17.9. The number of nitrogens with one attached hydrogen (secondary N) is 1. The van der Waals surface area contributed by atoms with Crippen LogP contribution in [0.4, 0.5) is 0 Å². The highest BCUT2D eigenvalue weighted by Gasteiger charge is 2.29. The zero-order valence-corrected chi connectivity index (χ0v) is 15.4. The van der Waals surface area contributed by atoms with Crippen LogP contribution in [0.2, 0.25) is 0 Å². The quantitative estimate of drug-likeness (QED) is 0.910. The fraction of sp³-hybridized carbons (Fsp3) is 0.364. The second-order valence-corrected chi connectivity index (χ2v) is 7.09. The first-order chi connectivity index (χ1) is 12.6. The Morgan fingerprint density at radius 3 is 2.31 bits per heavy atom. The van der Waals surface area contributed by atoms with Crippen LogP contribution >= 0.6 is 0 Å². The first-order valence-electron chi connectivity index (χ1n) is 9.33. The maximum atomic E-state index is 12.7. The van der Waals surface area contributed by atoms with Gasteiger partial charge in [0, 0.05) is 18.2 Å². The van der Waals surface area contributed by atoms with E-state index in [1.807, 2.05) is 73.3 Å². The summed E-state index contributed by atoms with van der Waals surface area (Å²) in [5, 5.41) is 2.94. The van der Waals surface area contributed by atoms with E-state index in [4.69, 9.17) is 0 Å². The SMILES string of the molecule is CC(C)N1CCCCC(NC(=O)c2ccc(-c3ccccc3)cc2)C1=O. The van der Waals surface area contributed by atoms with Gasteiger partial charge < -0.3 is 10.2 Å². The molecule has 2 aromatic rings. The molecule has 2 amide bonds. The molecule has 136 valence electrons. The molecule has 0 saturated carbocycles. The molecule has 0 aliphatic carbocycles. The van der Waals surface area contributed by atoms with Crippen molar-refractivity contribution in [2.75, 3.05) is 6.54 Å². The number of benzene rings is 2. The van der Waals surface area contributed by atoms with Crippen LogP contribution in [0.5, 0.6) is 0 Å². The molecule has 0 aromatic heterocycles. The van der Waals surface area contributed by atoms with E-state index < -0.39 is 6.04 Å². The van der Waals surface area contributed by atoms with E-state index in [1.54, 1.807) is 0 Å². The van der Waals surface area contributed by atoms with Crippen molar-refractivity contribution in [1.82, 2.24) is 10.2 Å². The first kappa shape index (κ1) is 18.2. The fourth-order valence-electron chi connectivity index (χ4n) is 3.40. The average molecular weight is 350 g/mol. The summed E-state index contributed by atoms with van der Waals surface area (Å²) in [5.41, 5.74) is 2.77. The van der Waals surface area contributed by atoms with Gasteiger partial charge in [0.15, 0.2) is 0 Å². The summed E-state index contributed by atoms with van der Waals surface area (Å²) in [6, 6.07) is 17.3. The van der Waals surface area contributed by atoms with Crippen LogP contribution in [0.25, 0.3) is 11.1 Å². The number of carbonyl (C=O) groups excluding carboxylic acids is 2. The Balaban J connectivity index is 1.70. The summed E-state index contributed by atoms with van der Waals surface area (Å²) in [5.74, 6) is -0.152. The van der Waals surface area contributed by atoms with Crippen LogP contribution in [-0.2, 0) is 4.79 Å². The second kappa shape index (κ2) is 8.17. The lowest BCUT2D eigenvalue weighted by Gasteiger charge is -2.28. The number of carbonyl (C=O) groups is 2. The molecule has 0 radical (unpaired) electrons. The summed E-state index contributed by atoms with van der Waals surface area (Å²) < 4.78 is 0. The predicted molar refractivity (Wildman–Crippen MR) is 104 cm³/mol. The number of hydrogen-bond acceptors (Lipinski definition) is 2. The van der Waals surface area contributed by atoms with Gasteiger partial charge in [-0.25, -0.2) is 0 Å². The molecular weight excluding hydrogens is 324 g/mol. The Hall–Kier alpha value is -2.62. The lowest BCUT2D eigenvalue weighted by atomic mass is 10.0. The maximum Gasteiger partial charge on any atom is 0.251 e. The molecule has 0 spiro atoms. The number of hydrogen-bond donors (Lipinski definition) is 1. The van der Waals surface area contributed by atoms with Gasteiger partial charge in [0.1, 0.15) is 6.04 Å². The Morgan fingerprint density at radius 1 is 1.00 bits per heavy atom. The molecule has 1 atom stereocenters. The molecule has 2 aromatic carbocycles. The fourth-order valence-corrected chi connectivity index (χ4v) is 3.40. The standard InChI is InChI=1S/C22H26N2O2/c1-16(2)24-15-7-6-10-20(22(24)26)23-21(25)19-13-11-18(12-14-19)17-8-4-3-5-9-17/h3-5,8-9,11-14,16,20H,6-7,10,15H2,1-2H3,(H,23,25). The minimum Gasteiger partial charge on any atom is -0.340 e. The summed E-state index contributed by atoms with van der Waals surface area (Å²) in [6.07, 6.45) is 2.64. The molecule has 0 bridgehead atoms. The van der Waals surface area contributed by atoms with Crippen molar-refractivity contribution in [1.29, 1.82) is 0 Å². The van der Waals surface area contributed by atoms with Crippen molar-refractivity contribution in [2.24, 2.45) is 0 Å². The van der Waals surface area contributed by atoms with Crippen LogP contribution in [0, 0.1) is 0 Å². The second-order valence-electron chi connectivity index (χ2n) is 7.09. The molecule has 1 fully saturated rings. The molecule has 1 N–H and O–H groups in total. The molecular formula is C22H26N2O2. The molecule has 4 heteroatoms. The van der Waals surface area contributed by atoms with Gasteiger partial charge in [-0.2, -0.15) is 0 Å². The number of rotatable bonds is 4. The van der Waals surface area contributed by atoms with Gasteiger partial charge in [-0.3, -0.25) is 9.59 Å². The molecule has 3 rings (SSSR count). The number of likely N-dealkylation sites (tertiary alicyclic amines) is 1. The van der Waals surface area contributed by atoms with E-state index in [0.717, 1.165) is 30.5 Å². The van der Waals surface area contributed by atoms with Crippen LogP contribution in [0.1, 0.15) is 43.5 Å². The largest absolute Gasteiger partial charge is 0.340 e. The molecule has 4 nitrogen and oxygen atoms in total. The predicted octanol–water partition coefficient (Wildman–Crippen LogP) is 3.87. The van der Waals surface area contributed by atoms with Crippen LogP contribution < -0.4 is 5.32 Å². The van der Waals surface area contributed by atoms with Crippen molar-refractivity contribution in [2.45, 2.75) is 45.2 Å². The van der Waals surface area contributed by atoms with Gasteiger partial charge in [-0.1, -0.05) is 42.5 Å². The molecule has 1 aliphatic rings. The summed E-state index contributed by atoms with van der Waals surface area (Å²) in [6.45, 7) is 4.81. The summed E-state index contributed by atoms with van der Waals surface area (Å²) >= 11 is 0. The van der Waals surface area contributed by atoms with E-state index in [2.05, 4.69) is 5.32 Å². The van der Waals surface area contributed by atoms with Crippen LogP contribution in [-0.4, -0.2) is 35.3 Å². The maximum absolute atomic E-state index is 12.7. The highest BCUT2D eigenvalue weighted by atomic mass is 16.2. The van der Waals surface area contributed by atoms with Gasteiger partial charge in [-0.05, 0) is 56.4 Å². The zero-order valence-electron chi connectivity index (χ0n) is 15.4. The van der Waals surface area contributed by atoms with E-state index >= 15 is 0 Å². The van der Waals surface area contributed by atoms with Crippen molar-refractivity contribution in [3.63, 3.8) is 0 Å². The first-order valence-corrected chi connectivity index (χ1v) is 9.33. The van der Waals surface area contributed by atoms with E-state index in [-0.39, 0.29) is 17.9 Å². The lowest BCUT2D eigenvalue weighted by Crippen LogP contribution is -2.49. The van der Waals surface area contributed by atoms with Crippen molar-refractivity contribution in [3.8, 4) is 11.1 Å². The lowest BCUT2D eigenvalue weighted by molar-refractivity contribution is -0.134. The molecule has 1 saturated heterocycles. The summed E-state index contributed by atoms with van der Waals surface area (Å²) in [7, 11) is 0. The van der Waals surface area contributed by atoms with Gasteiger partial charge in [0.2, 0.25) is 5.91 Å². The third-order valence-corrected chi connectivity index (χ3v) is 4.91. The van der Waals surface area contributed by atoms with Crippen molar-refractivity contribution < 1.29 is 9.59 Å². The monoisotopic (exact) mass is 350 g/mol. The Kier molecular flexibility index (Phi) is 5.71. The Bertz CT molecular complexity index is 753.